The lowest BCUT2D eigenvalue weighted by Crippen LogP contribution is -2.32. The quantitative estimate of drug-likeness (QED) is 0.802. The molecule has 0 aliphatic carbocycles. The molecule has 20 heavy (non-hydrogen) atoms. The Morgan fingerprint density at radius 3 is 2.55 bits per heavy atom. The first-order chi connectivity index (χ1) is 9.60. The summed E-state index contributed by atoms with van der Waals surface area (Å²) >= 11 is 0. The third-order valence-corrected chi connectivity index (χ3v) is 6.61. The number of nitrogens with zero attached hydrogens (tertiary/aromatic N) is 1. The van der Waals surface area contributed by atoms with E-state index in [9.17, 15) is 9.00 Å². The van der Waals surface area contributed by atoms with E-state index < -0.39 is 10.8 Å². The maximum absolute atomic E-state index is 12.6. The summed E-state index contributed by atoms with van der Waals surface area (Å²) in [6.07, 6.45) is 5.17. The number of hydrogen-bond acceptors (Lipinski definition) is 4. The Bertz CT molecular complexity index is 556. The molecule has 3 heterocycles. The maximum atomic E-state index is 12.6. The molecule has 2 bridgehead atoms. The van der Waals surface area contributed by atoms with Gasteiger partial charge in [0, 0.05) is 44.5 Å². The highest BCUT2D eigenvalue weighted by Crippen LogP contribution is 2.39. The second kappa shape index (κ2) is 5.28. The van der Waals surface area contributed by atoms with Gasteiger partial charge in [-0.3, -0.25) is 9.00 Å². The topological polar surface area (TPSA) is 56.3 Å². The number of aryl methyl sites for hydroxylation is 1. The minimum Gasteiger partial charge on any atom is -0.481 e. The van der Waals surface area contributed by atoms with Gasteiger partial charge >= 0.3 is 0 Å². The van der Waals surface area contributed by atoms with E-state index in [0.717, 1.165) is 31.2 Å². The third kappa shape index (κ3) is 2.28. The van der Waals surface area contributed by atoms with Gasteiger partial charge in [0.25, 0.3) is 0 Å². The smallest absolute Gasteiger partial charge is 0.215 e. The van der Waals surface area contributed by atoms with Crippen LogP contribution in [0.15, 0.2) is 12.3 Å². The van der Waals surface area contributed by atoms with Gasteiger partial charge < -0.3 is 4.74 Å². The number of hydrogen-bond donors (Lipinski definition) is 0. The van der Waals surface area contributed by atoms with Crippen LogP contribution in [0.2, 0.25) is 0 Å². The average molecular weight is 293 g/mol. The molecule has 2 aliphatic heterocycles. The molecule has 2 fully saturated rings. The van der Waals surface area contributed by atoms with Crippen molar-refractivity contribution in [1.29, 1.82) is 0 Å². The summed E-state index contributed by atoms with van der Waals surface area (Å²) in [7, 11) is 0.865. The lowest BCUT2D eigenvalue weighted by molar-refractivity contribution is 0.0905. The third-order valence-electron chi connectivity index (χ3n) is 4.44. The van der Waals surface area contributed by atoms with Gasteiger partial charge in [0.05, 0.1) is 7.11 Å². The van der Waals surface area contributed by atoms with E-state index in [-0.39, 0.29) is 22.2 Å². The van der Waals surface area contributed by atoms with Gasteiger partial charge in [-0.1, -0.05) is 0 Å². The van der Waals surface area contributed by atoms with Crippen molar-refractivity contribution in [3.05, 3.63) is 23.4 Å². The van der Waals surface area contributed by atoms with Gasteiger partial charge in [0.15, 0.2) is 5.78 Å². The number of carbonyl (C=O) groups is 1. The fourth-order valence-electron chi connectivity index (χ4n) is 3.39. The van der Waals surface area contributed by atoms with Crippen molar-refractivity contribution in [3.8, 4) is 5.88 Å². The zero-order valence-corrected chi connectivity index (χ0v) is 12.6. The number of fused-ring (bicyclic) bond motifs is 2. The zero-order chi connectivity index (χ0) is 14.3. The molecular weight excluding hydrogens is 274 g/mol. The van der Waals surface area contributed by atoms with E-state index in [2.05, 4.69) is 4.98 Å². The van der Waals surface area contributed by atoms with Crippen LogP contribution in [0.4, 0.5) is 0 Å². The standard InChI is InChI=1S/C15H19NO3S/c1-9-5-11(8-16-15(9)19-2)14(17)10-6-12-3-4-13(7-10)20(12)18/h5,8,10,12-13H,3-4,6-7H2,1-2H3. The lowest BCUT2D eigenvalue weighted by Gasteiger charge is -2.26. The Morgan fingerprint density at radius 2 is 2.00 bits per heavy atom. The monoisotopic (exact) mass is 293 g/mol. The summed E-state index contributed by atoms with van der Waals surface area (Å²) in [5.74, 6) is 0.725. The molecule has 0 N–H and O–H groups in total. The molecule has 2 unspecified atom stereocenters. The van der Waals surface area contributed by atoms with Gasteiger partial charge in [0.2, 0.25) is 5.88 Å². The van der Waals surface area contributed by atoms with E-state index in [4.69, 9.17) is 4.74 Å². The van der Waals surface area contributed by atoms with E-state index in [1.807, 2.05) is 13.0 Å². The van der Waals surface area contributed by atoms with Crippen molar-refractivity contribution in [2.75, 3.05) is 7.11 Å². The molecule has 0 radical (unpaired) electrons. The molecule has 0 spiro atoms. The summed E-state index contributed by atoms with van der Waals surface area (Å²) in [5.41, 5.74) is 1.53. The summed E-state index contributed by atoms with van der Waals surface area (Å²) in [4.78, 5) is 16.8. The van der Waals surface area contributed by atoms with Gasteiger partial charge in [0.1, 0.15) is 0 Å². The fourth-order valence-corrected chi connectivity index (χ4v) is 5.52. The summed E-state index contributed by atoms with van der Waals surface area (Å²) < 4.78 is 17.1. The van der Waals surface area contributed by atoms with Crippen LogP contribution in [-0.4, -0.2) is 32.6 Å². The first-order valence-electron chi connectivity index (χ1n) is 7.04. The van der Waals surface area contributed by atoms with Crippen molar-refractivity contribution in [2.24, 2.45) is 5.92 Å². The van der Waals surface area contributed by atoms with E-state index in [0.29, 0.717) is 11.4 Å². The molecule has 0 aromatic carbocycles. The molecule has 2 atom stereocenters. The number of carbonyl (C=O) groups excluding carboxylic acids is 1. The molecule has 3 rings (SSSR count). The van der Waals surface area contributed by atoms with Crippen LogP contribution in [0.1, 0.15) is 41.6 Å². The van der Waals surface area contributed by atoms with Crippen LogP contribution in [0.25, 0.3) is 0 Å². The number of aromatic nitrogens is 1. The normalized spacial score (nSPS) is 32.1. The second-order valence-electron chi connectivity index (χ2n) is 5.73. The Labute approximate surface area is 121 Å². The molecule has 1 aromatic heterocycles. The molecule has 4 nitrogen and oxygen atoms in total. The van der Waals surface area contributed by atoms with Crippen LogP contribution in [0.5, 0.6) is 5.88 Å². The van der Waals surface area contributed by atoms with Gasteiger partial charge in [-0.05, 0) is 38.7 Å². The molecular formula is C15H19NO3S. The number of methoxy groups -OCH3 is 1. The predicted octanol–water partition coefficient (Wildman–Crippen LogP) is 2.27. The van der Waals surface area contributed by atoms with Gasteiger partial charge in [-0.25, -0.2) is 4.98 Å². The van der Waals surface area contributed by atoms with E-state index in [1.165, 1.54) is 0 Å². The molecule has 2 aliphatic rings. The van der Waals surface area contributed by atoms with Crippen LogP contribution in [-0.2, 0) is 10.8 Å². The van der Waals surface area contributed by atoms with Crippen LogP contribution >= 0.6 is 0 Å². The first kappa shape index (κ1) is 13.7. The molecule has 0 amide bonds. The molecule has 108 valence electrons. The van der Waals surface area contributed by atoms with Crippen LogP contribution in [0.3, 0.4) is 0 Å². The Balaban J connectivity index is 1.80. The first-order valence-corrected chi connectivity index (χ1v) is 8.32. The fraction of sp³-hybridized carbons (Fsp3) is 0.600. The average Bonchev–Trinajstić information content (AvgIpc) is 2.67. The summed E-state index contributed by atoms with van der Waals surface area (Å²) in [6, 6.07) is 1.85. The Kier molecular flexibility index (Phi) is 3.63. The van der Waals surface area contributed by atoms with Crippen LogP contribution < -0.4 is 4.74 Å². The van der Waals surface area contributed by atoms with E-state index >= 15 is 0 Å². The van der Waals surface area contributed by atoms with Crippen LogP contribution in [0, 0.1) is 12.8 Å². The minimum absolute atomic E-state index is 0.0137. The van der Waals surface area contributed by atoms with Crippen molar-refractivity contribution < 1.29 is 13.7 Å². The largest absolute Gasteiger partial charge is 0.481 e. The van der Waals surface area contributed by atoms with Crippen molar-refractivity contribution >= 4 is 16.6 Å². The predicted molar refractivity (Wildman–Crippen MR) is 77.5 cm³/mol. The lowest BCUT2D eigenvalue weighted by atomic mass is 9.90. The number of pyridine rings is 1. The summed E-state index contributed by atoms with van der Waals surface area (Å²) in [6.45, 7) is 1.89. The van der Waals surface area contributed by atoms with Gasteiger partial charge in [-0.15, -0.1) is 0 Å². The van der Waals surface area contributed by atoms with Crippen molar-refractivity contribution in [3.63, 3.8) is 0 Å². The highest BCUT2D eigenvalue weighted by molar-refractivity contribution is 7.86. The number of Topliss-reactive ketones (excluding diaryl/α,β-unsaturated/α-hetero) is 1. The van der Waals surface area contributed by atoms with Gasteiger partial charge in [-0.2, -0.15) is 0 Å². The Morgan fingerprint density at radius 1 is 1.35 bits per heavy atom. The SMILES string of the molecule is COc1ncc(C(=O)C2CC3CCC(C2)S3=O)cc1C. The molecule has 2 saturated heterocycles. The number of ketones is 1. The molecule has 5 heteroatoms. The van der Waals surface area contributed by atoms with Crippen molar-refractivity contribution in [2.45, 2.75) is 43.1 Å². The minimum atomic E-state index is -0.710. The van der Waals surface area contributed by atoms with E-state index in [1.54, 1.807) is 13.3 Å². The number of ether oxygens (including phenoxy) is 1. The Hall–Kier alpha value is -1.23. The number of rotatable bonds is 3. The highest BCUT2D eigenvalue weighted by atomic mass is 32.2. The zero-order valence-electron chi connectivity index (χ0n) is 11.8. The molecule has 1 aromatic rings. The maximum Gasteiger partial charge on any atom is 0.215 e. The molecule has 0 saturated carbocycles. The summed E-state index contributed by atoms with van der Waals surface area (Å²) in [5, 5.41) is 0.463. The highest BCUT2D eigenvalue weighted by Gasteiger charge is 2.42. The van der Waals surface area contributed by atoms with Crippen molar-refractivity contribution in [1.82, 2.24) is 4.98 Å². The second-order valence-corrected chi connectivity index (χ2v) is 7.72.